The number of carbonyl (C=O) groups is 2. The smallest absolute Gasteiger partial charge is 0.326 e. The fraction of sp³-hybridized carbons (Fsp3) is 0.250. The van der Waals surface area contributed by atoms with Gasteiger partial charge in [0.15, 0.2) is 5.78 Å². The van der Waals surface area contributed by atoms with Crippen molar-refractivity contribution in [2.24, 2.45) is 0 Å². The van der Waals surface area contributed by atoms with Crippen LogP contribution >= 0.6 is 11.3 Å². The number of hydrogen-bond donors (Lipinski definition) is 1. The molecular formula is C16H14F3NO2S. The molecule has 0 spiro atoms. The Kier molecular flexibility index (Phi) is 5.54. The van der Waals surface area contributed by atoms with Gasteiger partial charge in [0, 0.05) is 18.5 Å². The minimum atomic E-state index is -4.40. The zero-order valence-corrected chi connectivity index (χ0v) is 12.8. The lowest BCUT2D eigenvalue weighted by atomic mass is 10.1. The number of amides is 1. The Labute approximate surface area is 135 Å². The van der Waals surface area contributed by atoms with Crippen molar-refractivity contribution in [2.75, 3.05) is 5.32 Å². The number of nitrogens with one attached hydrogen (secondary N) is 1. The number of ketones is 1. The van der Waals surface area contributed by atoms with E-state index in [0.717, 1.165) is 12.1 Å². The summed E-state index contributed by atoms with van der Waals surface area (Å²) in [6, 6.07) is 7.76. The van der Waals surface area contributed by atoms with Gasteiger partial charge >= 0.3 is 6.18 Å². The summed E-state index contributed by atoms with van der Waals surface area (Å²) < 4.78 is 37.3. The van der Waals surface area contributed by atoms with Crippen LogP contribution in [0.4, 0.5) is 18.9 Å². The second-order valence-corrected chi connectivity index (χ2v) is 5.83. The Bertz CT molecular complexity index is 664. The zero-order chi connectivity index (χ0) is 16.9. The summed E-state index contributed by atoms with van der Waals surface area (Å²) in [5.74, 6) is -0.342. The Hall–Kier alpha value is -2.15. The number of benzene rings is 1. The van der Waals surface area contributed by atoms with Crippen molar-refractivity contribution >= 4 is 28.7 Å². The molecule has 1 heterocycles. The second-order valence-electron chi connectivity index (χ2n) is 4.88. The molecule has 0 saturated heterocycles. The number of halogens is 3. The third-order valence-corrected chi connectivity index (χ3v) is 4.01. The molecule has 7 heteroatoms. The van der Waals surface area contributed by atoms with Crippen molar-refractivity contribution in [3.8, 4) is 0 Å². The number of rotatable bonds is 6. The van der Waals surface area contributed by atoms with Gasteiger partial charge < -0.3 is 5.32 Å². The highest BCUT2D eigenvalue weighted by molar-refractivity contribution is 7.12. The highest BCUT2D eigenvalue weighted by Gasteiger charge is 2.29. The number of carbonyl (C=O) groups excluding carboxylic acids is 2. The number of alkyl halides is 3. The van der Waals surface area contributed by atoms with Crippen molar-refractivity contribution in [1.82, 2.24) is 0 Å². The van der Waals surface area contributed by atoms with Crippen LogP contribution in [0.1, 0.15) is 34.5 Å². The minimum absolute atomic E-state index is 0.0117. The van der Waals surface area contributed by atoms with E-state index < -0.39 is 11.7 Å². The first kappa shape index (κ1) is 17.2. The van der Waals surface area contributed by atoms with Gasteiger partial charge in [0.2, 0.25) is 5.91 Å². The van der Waals surface area contributed by atoms with Crippen LogP contribution in [0.25, 0.3) is 0 Å². The summed E-state index contributed by atoms with van der Waals surface area (Å²) in [4.78, 5) is 24.1. The number of thiophene rings is 1. The highest BCUT2D eigenvalue weighted by Crippen LogP contribution is 2.29. The lowest BCUT2D eigenvalue weighted by molar-refractivity contribution is -0.137. The maximum Gasteiger partial charge on any atom is 0.416 e. The molecule has 23 heavy (non-hydrogen) atoms. The van der Waals surface area contributed by atoms with E-state index in [4.69, 9.17) is 0 Å². The molecule has 0 aliphatic rings. The van der Waals surface area contributed by atoms with E-state index >= 15 is 0 Å². The molecule has 1 aromatic carbocycles. The molecule has 0 bridgehead atoms. The van der Waals surface area contributed by atoms with Crippen molar-refractivity contribution in [3.05, 3.63) is 52.2 Å². The Morgan fingerprint density at radius 1 is 1.04 bits per heavy atom. The van der Waals surface area contributed by atoms with Crippen LogP contribution in [0.3, 0.4) is 0 Å². The van der Waals surface area contributed by atoms with Gasteiger partial charge in [-0.05, 0) is 42.1 Å². The normalized spacial score (nSPS) is 11.3. The highest BCUT2D eigenvalue weighted by atomic mass is 32.1. The van der Waals surface area contributed by atoms with E-state index in [-0.39, 0.29) is 24.5 Å². The monoisotopic (exact) mass is 341 g/mol. The van der Waals surface area contributed by atoms with E-state index in [0.29, 0.717) is 17.0 Å². The molecule has 1 N–H and O–H groups in total. The first-order chi connectivity index (χ1) is 10.9. The minimum Gasteiger partial charge on any atom is -0.326 e. The molecule has 0 unspecified atom stereocenters. The molecule has 3 nitrogen and oxygen atoms in total. The molecular weight excluding hydrogens is 327 g/mol. The van der Waals surface area contributed by atoms with Crippen molar-refractivity contribution in [2.45, 2.75) is 25.4 Å². The van der Waals surface area contributed by atoms with Crippen molar-refractivity contribution in [3.63, 3.8) is 0 Å². The summed E-state index contributed by atoms with van der Waals surface area (Å²) in [5.41, 5.74) is -0.468. The maximum atomic E-state index is 12.4. The van der Waals surface area contributed by atoms with Gasteiger partial charge in [0.25, 0.3) is 0 Å². The fourth-order valence-corrected chi connectivity index (χ4v) is 2.63. The van der Waals surface area contributed by atoms with Gasteiger partial charge in [0.1, 0.15) is 0 Å². The Balaban J connectivity index is 1.77. The van der Waals surface area contributed by atoms with Gasteiger partial charge in [-0.1, -0.05) is 6.07 Å². The van der Waals surface area contributed by atoms with Crippen LogP contribution < -0.4 is 5.32 Å². The van der Waals surface area contributed by atoms with Crippen LogP contribution in [0.15, 0.2) is 41.8 Å². The molecule has 1 amide bonds. The largest absolute Gasteiger partial charge is 0.416 e. The third-order valence-electron chi connectivity index (χ3n) is 3.10. The molecule has 0 radical (unpaired) electrons. The molecule has 122 valence electrons. The first-order valence-corrected chi connectivity index (χ1v) is 7.78. The SMILES string of the molecule is O=C(CCCC(=O)c1cccs1)Nc1ccc(C(F)(F)F)cc1. The van der Waals surface area contributed by atoms with Gasteiger partial charge in [-0.25, -0.2) is 0 Å². The van der Waals surface area contributed by atoms with Crippen molar-refractivity contribution < 1.29 is 22.8 Å². The average molecular weight is 341 g/mol. The topological polar surface area (TPSA) is 46.2 Å². The van der Waals surface area contributed by atoms with Gasteiger partial charge in [0.05, 0.1) is 10.4 Å². The molecule has 0 aliphatic carbocycles. The summed E-state index contributed by atoms with van der Waals surface area (Å²) >= 11 is 1.35. The van der Waals surface area contributed by atoms with Crippen molar-refractivity contribution in [1.29, 1.82) is 0 Å². The van der Waals surface area contributed by atoms with Crippen LogP contribution in [0, 0.1) is 0 Å². The van der Waals surface area contributed by atoms with Crippen LogP contribution in [0.2, 0.25) is 0 Å². The molecule has 0 atom stereocenters. The average Bonchev–Trinajstić information content (AvgIpc) is 3.01. The van der Waals surface area contributed by atoms with Gasteiger partial charge in [-0.15, -0.1) is 11.3 Å². The predicted molar refractivity (Wildman–Crippen MR) is 82.6 cm³/mol. The number of anilines is 1. The van der Waals surface area contributed by atoms with E-state index in [9.17, 15) is 22.8 Å². The Morgan fingerprint density at radius 3 is 2.30 bits per heavy atom. The second kappa shape index (κ2) is 7.41. The molecule has 2 rings (SSSR count). The molecule has 0 fully saturated rings. The lowest BCUT2D eigenvalue weighted by Gasteiger charge is -2.08. The molecule has 0 saturated carbocycles. The lowest BCUT2D eigenvalue weighted by Crippen LogP contribution is -2.12. The van der Waals surface area contributed by atoms with E-state index in [1.807, 2.05) is 5.38 Å². The van der Waals surface area contributed by atoms with Gasteiger partial charge in [-0.3, -0.25) is 9.59 Å². The summed E-state index contributed by atoms with van der Waals surface area (Å²) in [6.07, 6.45) is -3.60. The predicted octanol–water partition coefficient (Wildman–Crippen LogP) is 4.76. The van der Waals surface area contributed by atoms with E-state index in [2.05, 4.69) is 5.32 Å². The molecule has 1 aromatic heterocycles. The quantitative estimate of drug-likeness (QED) is 0.770. The van der Waals surface area contributed by atoms with Crippen LogP contribution in [-0.4, -0.2) is 11.7 Å². The summed E-state index contributed by atoms with van der Waals surface area (Å²) in [7, 11) is 0. The molecule has 0 aliphatic heterocycles. The molecule has 2 aromatic rings. The summed E-state index contributed by atoms with van der Waals surface area (Å²) in [5, 5.41) is 4.32. The zero-order valence-electron chi connectivity index (χ0n) is 12.0. The standard InChI is InChI=1S/C16H14F3NO2S/c17-16(18,19)11-6-8-12(9-7-11)20-15(22)5-1-3-13(21)14-4-2-10-23-14/h2,4,6-10H,1,3,5H2,(H,20,22). The van der Waals surface area contributed by atoms with Gasteiger partial charge in [-0.2, -0.15) is 13.2 Å². The fourth-order valence-electron chi connectivity index (χ4n) is 1.94. The summed E-state index contributed by atoms with van der Waals surface area (Å²) in [6.45, 7) is 0. The number of hydrogen-bond acceptors (Lipinski definition) is 3. The maximum absolute atomic E-state index is 12.4. The third kappa shape index (κ3) is 5.21. The van der Waals surface area contributed by atoms with E-state index in [1.54, 1.807) is 12.1 Å². The van der Waals surface area contributed by atoms with Crippen LogP contribution in [-0.2, 0) is 11.0 Å². The Morgan fingerprint density at radius 2 is 1.74 bits per heavy atom. The van der Waals surface area contributed by atoms with E-state index in [1.165, 1.54) is 23.5 Å². The first-order valence-electron chi connectivity index (χ1n) is 6.90. The van der Waals surface area contributed by atoms with Crippen LogP contribution in [0.5, 0.6) is 0 Å². The number of Topliss-reactive ketones (excluding diaryl/α,β-unsaturated/α-hetero) is 1.